The highest BCUT2D eigenvalue weighted by atomic mass is 16.5. The van der Waals surface area contributed by atoms with Crippen molar-refractivity contribution in [3.8, 4) is 5.75 Å². The molecule has 0 radical (unpaired) electrons. The topological polar surface area (TPSA) is 58.9 Å². The van der Waals surface area contributed by atoms with E-state index in [2.05, 4.69) is 0 Å². The van der Waals surface area contributed by atoms with Gasteiger partial charge in [0.25, 0.3) is 0 Å². The average Bonchev–Trinajstić information content (AvgIpc) is 2.34. The lowest BCUT2D eigenvalue weighted by molar-refractivity contribution is 0.0158. The van der Waals surface area contributed by atoms with E-state index in [4.69, 9.17) is 9.47 Å². The Labute approximate surface area is 108 Å². The number of aliphatic hydroxyl groups excluding tert-OH is 2. The summed E-state index contributed by atoms with van der Waals surface area (Å²) in [7, 11) is 0. The van der Waals surface area contributed by atoms with E-state index in [1.165, 1.54) is 0 Å². The summed E-state index contributed by atoms with van der Waals surface area (Å²) in [5, 5.41) is 19.3. The molecule has 0 bridgehead atoms. The molecule has 0 aliphatic carbocycles. The lowest BCUT2D eigenvalue weighted by atomic mass is 10.1. The smallest absolute Gasteiger partial charge is 0.125 e. The minimum absolute atomic E-state index is 0.156. The van der Waals surface area contributed by atoms with Crippen molar-refractivity contribution in [1.82, 2.24) is 0 Å². The van der Waals surface area contributed by atoms with Crippen molar-refractivity contribution in [1.29, 1.82) is 0 Å². The Balaban J connectivity index is 2.61. The maximum Gasteiger partial charge on any atom is 0.125 e. The van der Waals surface area contributed by atoms with Crippen LogP contribution in [0.25, 0.3) is 0 Å². The van der Waals surface area contributed by atoms with Crippen LogP contribution in [-0.4, -0.2) is 36.1 Å². The highest BCUT2D eigenvalue weighted by molar-refractivity contribution is 5.38. The van der Waals surface area contributed by atoms with Gasteiger partial charge in [-0.05, 0) is 32.9 Å². The molecule has 0 heterocycles. The number of hydrogen-bond donors (Lipinski definition) is 2. The molecule has 1 aromatic rings. The SMILES string of the molecule is CCOCC(O)COc1ccc(C)cc1C(C)O. The zero-order valence-corrected chi connectivity index (χ0v) is 11.2. The number of ether oxygens (including phenoxy) is 2. The van der Waals surface area contributed by atoms with Crippen molar-refractivity contribution in [2.45, 2.75) is 33.0 Å². The largest absolute Gasteiger partial charge is 0.490 e. The van der Waals surface area contributed by atoms with E-state index in [9.17, 15) is 10.2 Å². The van der Waals surface area contributed by atoms with Gasteiger partial charge in [-0.3, -0.25) is 0 Å². The van der Waals surface area contributed by atoms with Crippen LogP contribution in [0.15, 0.2) is 18.2 Å². The Bertz CT molecular complexity index is 363. The minimum atomic E-state index is -0.659. The first kappa shape index (κ1) is 15.0. The third kappa shape index (κ3) is 4.64. The molecule has 2 N–H and O–H groups in total. The van der Waals surface area contributed by atoms with Crippen molar-refractivity contribution in [3.63, 3.8) is 0 Å². The quantitative estimate of drug-likeness (QED) is 0.779. The Morgan fingerprint density at radius 3 is 2.56 bits per heavy atom. The van der Waals surface area contributed by atoms with Crippen LogP contribution < -0.4 is 4.74 Å². The van der Waals surface area contributed by atoms with E-state index >= 15 is 0 Å². The summed E-state index contributed by atoms with van der Waals surface area (Å²) < 4.78 is 10.6. The van der Waals surface area contributed by atoms with Crippen LogP contribution in [0.5, 0.6) is 5.75 Å². The Hall–Kier alpha value is -1.10. The summed E-state index contributed by atoms with van der Waals surface area (Å²) in [4.78, 5) is 0. The van der Waals surface area contributed by atoms with E-state index in [-0.39, 0.29) is 13.2 Å². The molecule has 0 aliphatic rings. The highest BCUT2D eigenvalue weighted by Crippen LogP contribution is 2.26. The van der Waals surface area contributed by atoms with Crippen molar-refractivity contribution in [2.75, 3.05) is 19.8 Å². The van der Waals surface area contributed by atoms with Gasteiger partial charge in [0.05, 0.1) is 12.7 Å². The number of aryl methyl sites for hydroxylation is 1. The summed E-state index contributed by atoms with van der Waals surface area (Å²) in [5.41, 5.74) is 1.80. The minimum Gasteiger partial charge on any atom is -0.490 e. The van der Waals surface area contributed by atoms with E-state index in [1.807, 2.05) is 32.0 Å². The molecule has 0 aromatic heterocycles. The van der Waals surface area contributed by atoms with Crippen LogP contribution in [0, 0.1) is 6.92 Å². The fourth-order valence-electron chi connectivity index (χ4n) is 1.61. The lowest BCUT2D eigenvalue weighted by Gasteiger charge is -2.16. The first-order valence-electron chi connectivity index (χ1n) is 6.21. The second kappa shape index (κ2) is 7.36. The summed E-state index contributed by atoms with van der Waals surface area (Å²) in [6.07, 6.45) is -1.25. The van der Waals surface area contributed by atoms with Gasteiger partial charge in [0.15, 0.2) is 0 Å². The van der Waals surface area contributed by atoms with Crippen LogP contribution in [0.2, 0.25) is 0 Å². The van der Waals surface area contributed by atoms with Gasteiger partial charge >= 0.3 is 0 Å². The Kier molecular flexibility index (Phi) is 6.12. The summed E-state index contributed by atoms with van der Waals surface area (Å²) in [5.74, 6) is 0.603. The van der Waals surface area contributed by atoms with Gasteiger partial charge < -0.3 is 19.7 Å². The predicted molar refractivity (Wildman–Crippen MR) is 69.8 cm³/mol. The van der Waals surface area contributed by atoms with Gasteiger partial charge in [0.2, 0.25) is 0 Å². The summed E-state index contributed by atoms with van der Waals surface area (Å²) >= 11 is 0. The van der Waals surface area contributed by atoms with Crippen molar-refractivity contribution >= 4 is 0 Å². The highest BCUT2D eigenvalue weighted by Gasteiger charge is 2.11. The van der Waals surface area contributed by atoms with Crippen LogP contribution in [0.4, 0.5) is 0 Å². The molecule has 4 heteroatoms. The normalized spacial score (nSPS) is 14.3. The summed E-state index contributed by atoms with van der Waals surface area (Å²) in [6.45, 7) is 6.51. The molecule has 2 atom stereocenters. The third-order valence-corrected chi connectivity index (χ3v) is 2.56. The number of benzene rings is 1. The van der Waals surface area contributed by atoms with Gasteiger partial charge in [-0.2, -0.15) is 0 Å². The van der Waals surface area contributed by atoms with Crippen LogP contribution in [0.3, 0.4) is 0 Å². The second-order valence-corrected chi connectivity index (χ2v) is 4.34. The van der Waals surface area contributed by atoms with Crippen molar-refractivity contribution in [3.05, 3.63) is 29.3 Å². The van der Waals surface area contributed by atoms with Gasteiger partial charge in [0, 0.05) is 12.2 Å². The molecule has 0 spiro atoms. The maximum atomic E-state index is 9.67. The van der Waals surface area contributed by atoms with E-state index < -0.39 is 12.2 Å². The maximum absolute atomic E-state index is 9.67. The molecule has 0 amide bonds. The molecule has 0 saturated heterocycles. The fourth-order valence-corrected chi connectivity index (χ4v) is 1.61. The van der Waals surface area contributed by atoms with Gasteiger partial charge in [0.1, 0.15) is 18.5 Å². The van der Waals surface area contributed by atoms with E-state index in [0.717, 1.165) is 11.1 Å². The molecular formula is C14H22O4. The third-order valence-electron chi connectivity index (χ3n) is 2.56. The number of aliphatic hydroxyl groups is 2. The van der Waals surface area contributed by atoms with Gasteiger partial charge in [-0.15, -0.1) is 0 Å². The predicted octanol–water partition coefficient (Wildman–Crippen LogP) is 1.82. The standard InChI is InChI=1S/C14H22O4/c1-4-17-8-12(16)9-18-14-6-5-10(2)7-13(14)11(3)15/h5-7,11-12,15-16H,4,8-9H2,1-3H3. The average molecular weight is 254 g/mol. The molecule has 1 rings (SSSR count). The Morgan fingerprint density at radius 1 is 1.22 bits per heavy atom. The monoisotopic (exact) mass is 254 g/mol. The molecule has 0 saturated carbocycles. The van der Waals surface area contributed by atoms with Crippen LogP contribution in [0.1, 0.15) is 31.1 Å². The first-order chi connectivity index (χ1) is 8.54. The Morgan fingerprint density at radius 2 is 1.94 bits per heavy atom. The zero-order chi connectivity index (χ0) is 13.5. The fraction of sp³-hybridized carbons (Fsp3) is 0.571. The van der Waals surface area contributed by atoms with Crippen LogP contribution >= 0.6 is 0 Å². The van der Waals surface area contributed by atoms with Gasteiger partial charge in [-0.25, -0.2) is 0 Å². The van der Waals surface area contributed by atoms with Crippen molar-refractivity contribution < 1.29 is 19.7 Å². The lowest BCUT2D eigenvalue weighted by Crippen LogP contribution is -2.23. The first-order valence-corrected chi connectivity index (χ1v) is 6.21. The molecule has 102 valence electrons. The molecule has 18 heavy (non-hydrogen) atoms. The number of hydrogen-bond acceptors (Lipinski definition) is 4. The van der Waals surface area contributed by atoms with Crippen LogP contribution in [-0.2, 0) is 4.74 Å². The van der Waals surface area contributed by atoms with Crippen molar-refractivity contribution in [2.24, 2.45) is 0 Å². The molecular weight excluding hydrogens is 232 g/mol. The molecule has 4 nitrogen and oxygen atoms in total. The summed E-state index contributed by atoms with van der Waals surface area (Å²) in [6, 6.07) is 5.61. The molecule has 2 unspecified atom stereocenters. The molecule has 0 aliphatic heterocycles. The zero-order valence-electron chi connectivity index (χ0n) is 11.2. The molecule has 1 aromatic carbocycles. The van der Waals surface area contributed by atoms with Gasteiger partial charge in [-0.1, -0.05) is 11.6 Å². The van der Waals surface area contributed by atoms with E-state index in [1.54, 1.807) is 6.92 Å². The molecule has 0 fully saturated rings. The number of rotatable bonds is 7. The van der Waals surface area contributed by atoms with E-state index in [0.29, 0.717) is 12.4 Å². The second-order valence-electron chi connectivity index (χ2n) is 4.34.